The Labute approximate surface area is 160 Å². The summed E-state index contributed by atoms with van der Waals surface area (Å²) in [6.45, 7) is 6.12. The van der Waals surface area contributed by atoms with Gasteiger partial charge in [0.25, 0.3) is 0 Å². The summed E-state index contributed by atoms with van der Waals surface area (Å²) in [5.41, 5.74) is 0.420. The van der Waals surface area contributed by atoms with E-state index in [0.29, 0.717) is 44.8 Å². The molecule has 11 heteroatoms. The largest absolute Gasteiger partial charge is 0.364 e. The van der Waals surface area contributed by atoms with Crippen molar-refractivity contribution in [3.05, 3.63) is 18.0 Å². The monoisotopic (exact) mass is 407 g/mol. The molecular weight excluding hydrogens is 382 g/mol. The number of rotatable bonds is 6. The molecule has 0 unspecified atom stereocenters. The third-order valence-electron chi connectivity index (χ3n) is 4.66. The zero-order valence-electron chi connectivity index (χ0n) is 14.7. The van der Waals surface area contributed by atoms with E-state index in [9.17, 15) is 13.2 Å². The van der Waals surface area contributed by atoms with Crippen LogP contribution in [-0.2, 0) is 20.6 Å². The van der Waals surface area contributed by atoms with Crippen LogP contribution in [0.3, 0.4) is 0 Å². The molecule has 0 saturated carbocycles. The summed E-state index contributed by atoms with van der Waals surface area (Å²) in [6, 6.07) is 1.57. The highest BCUT2D eigenvalue weighted by atomic mass is 35.5. The first kappa shape index (κ1) is 21.1. The molecule has 0 radical (unpaired) electrons. The maximum Gasteiger partial charge on any atom is 0.223 e. The van der Waals surface area contributed by atoms with Crippen LogP contribution in [-0.4, -0.2) is 92.5 Å². The molecule has 0 atom stereocenters. The second-order valence-corrected chi connectivity index (χ2v) is 8.34. The SMILES string of the molecule is Cl.O=C(CCN1CCN(S(=O)(=O)Cc2ccon2)CC1)N1CCNCC1. The van der Waals surface area contributed by atoms with E-state index in [-0.39, 0.29) is 24.1 Å². The molecule has 1 N–H and O–H groups in total. The number of carbonyl (C=O) groups is 1. The van der Waals surface area contributed by atoms with Crippen LogP contribution >= 0.6 is 12.4 Å². The molecule has 2 aliphatic rings. The molecule has 1 amide bonds. The van der Waals surface area contributed by atoms with Crippen LogP contribution in [0.15, 0.2) is 16.9 Å². The van der Waals surface area contributed by atoms with Gasteiger partial charge in [-0.3, -0.25) is 4.79 Å². The standard InChI is InChI=1S/C15H25N5O4S.ClH/c21-15(19-6-3-16-4-7-19)1-5-18-8-10-20(11-9-18)25(22,23)13-14-2-12-24-17-14;/h2,12,16H,1,3-11,13H2;1H. The fourth-order valence-corrected chi connectivity index (χ4v) is 4.57. The second-order valence-electron chi connectivity index (χ2n) is 6.37. The van der Waals surface area contributed by atoms with E-state index >= 15 is 0 Å². The van der Waals surface area contributed by atoms with Gasteiger partial charge in [-0.1, -0.05) is 5.16 Å². The number of amides is 1. The first-order chi connectivity index (χ1) is 12.0. The van der Waals surface area contributed by atoms with Crippen LogP contribution < -0.4 is 5.32 Å². The molecule has 0 aliphatic carbocycles. The van der Waals surface area contributed by atoms with Gasteiger partial charge in [-0.25, -0.2) is 8.42 Å². The summed E-state index contributed by atoms with van der Waals surface area (Å²) in [6.07, 6.45) is 1.86. The van der Waals surface area contributed by atoms with Gasteiger partial charge >= 0.3 is 0 Å². The van der Waals surface area contributed by atoms with E-state index in [1.54, 1.807) is 6.07 Å². The summed E-state index contributed by atoms with van der Waals surface area (Å²) < 4.78 is 31.0. The summed E-state index contributed by atoms with van der Waals surface area (Å²) in [5.74, 6) is 0.0490. The number of halogens is 1. The Kier molecular flexibility index (Phi) is 7.84. The maximum atomic E-state index is 12.4. The van der Waals surface area contributed by atoms with Crippen LogP contribution in [0.1, 0.15) is 12.1 Å². The number of hydrogen-bond acceptors (Lipinski definition) is 7. The lowest BCUT2D eigenvalue weighted by Gasteiger charge is -2.34. The van der Waals surface area contributed by atoms with Gasteiger partial charge in [0.15, 0.2) is 0 Å². The quantitative estimate of drug-likeness (QED) is 0.670. The predicted octanol–water partition coefficient (Wildman–Crippen LogP) is -0.634. The molecular formula is C15H26ClN5O4S. The number of aromatic nitrogens is 1. The predicted molar refractivity (Wildman–Crippen MR) is 98.5 cm³/mol. The molecule has 148 valence electrons. The van der Waals surface area contributed by atoms with Crippen molar-refractivity contribution in [2.75, 3.05) is 58.9 Å². The fourth-order valence-electron chi connectivity index (χ4n) is 3.15. The van der Waals surface area contributed by atoms with Crippen molar-refractivity contribution < 1.29 is 17.7 Å². The van der Waals surface area contributed by atoms with Crippen molar-refractivity contribution in [1.29, 1.82) is 0 Å². The fraction of sp³-hybridized carbons (Fsp3) is 0.733. The van der Waals surface area contributed by atoms with Crippen molar-refractivity contribution >= 4 is 28.3 Å². The molecule has 0 spiro atoms. The molecule has 0 aromatic carbocycles. The highest BCUT2D eigenvalue weighted by molar-refractivity contribution is 7.88. The summed E-state index contributed by atoms with van der Waals surface area (Å²) in [4.78, 5) is 16.2. The highest BCUT2D eigenvalue weighted by Crippen LogP contribution is 2.13. The summed E-state index contributed by atoms with van der Waals surface area (Å²) in [5, 5.41) is 6.90. The van der Waals surface area contributed by atoms with Gasteiger partial charge in [0.1, 0.15) is 12.0 Å². The molecule has 1 aromatic heterocycles. The van der Waals surface area contributed by atoms with E-state index in [0.717, 1.165) is 26.2 Å². The molecule has 0 bridgehead atoms. The molecule has 2 fully saturated rings. The normalized spacial score (nSPS) is 19.9. The van der Waals surface area contributed by atoms with Crippen LogP contribution in [0.2, 0.25) is 0 Å². The van der Waals surface area contributed by atoms with Gasteiger partial charge < -0.3 is 19.6 Å². The van der Waals surface area contributed by atoms with E-state index < -0.39 is 10.0 Å². The van der Waals surface area contributed by atoms with Crippen molar-refractivity contribution in [1.82, 2.24) is 24.6 Å². The first-order valence-electron chi connectivity index (χ1n) is 8.62. The van der Waals surface area contributed by atoms with E-state index in [2.05, 4.69) is 19.9 Å². The van der Waals surface area contributed by atoms with Crippen LogP contribution in [0.4, 0.5) is 0 Å². The number of sulfonamides is 1. The van der Waals surface area contributed by atoms with Gasteiger partial charge in [0, 0.05) is 71.4 Å². The minimum Gasteiger partial charge on any atom is -0.364 e. The molecule has 3 heterocycles. The van der Waals surface area contributed by atoms with Gasteiger partial charge in [-0.2, -0.15) is 4.31 Å². The van der Waals surface area contributed by atoms with Gasteiger partial charge in [-0.05, 0) is 0 Å². The number of carbonyl (C=O) groups excluding carboxylic acids is 1. The van der Waals surface area contributed by atoms with Crippen LogP contribution in [0.5, 0.6) is 0 Å². The average molecular weight is 408 g/mol. The van der Waals surface area contributed by atoms with Gasteiger partial charge in [0.05, 0.1) is 5.69 Å². The summed E-state index contributed by atoms with van der Waals surface area (Å²) in [7, 11) is -3.38. The maximum absolute atomic E-state index is 12.4. The third kappa shape index (κ3) is 5.65. The first-order valence-corrected chi connectivity index (χ1v) is 10.2. The smallest absolute Gasteiger partial charge is 0.223 e. The zero-order valence-corrected chi connectivity index (χ0v) is 16.3. The molecule has 2 aliphatic heterocycles. The van der Waals surface area contributed by atoms with Crippen molar-refractivity contribution in [2.45, 2.75) is 12.2 Å². The summed E-state index contributed by atoms with van der Waals surface area (Å²) >= 11 is 0. The van der Waals surface area contributed by atoms with E-state index in [1.165, 1.54) is 10.6 Å². The Morgan fingerprint density at radius 3 is 2.46 bits per heavy atom. The Morgan fingerprint density at radius 1 is 1.15 bits per heavy atom. The molecule has 1 aromatic rings. The Hall–Kier alpha value is -1.20. The molecule has 3 rings (SSSR count). The molecule has 26 heavy (non-hydrogen) atoms. The topological polar surface area (TPSA) is 99.0 Å². The van der Waals surface area contributed by atoms with Crippen LogP contribution in [0.25, 0.3) is 0 Å². The number of nitrogens with zero attached hydrogens (tertiary/aromatic N) is 4. The van der Waals surface area contributed by atoms with E-state index in [4.69, 9.17) is 0 Å². The lowest BCUT2D eigenvalue weighted by molar-refractivity contribution is -0.132. The number of hydrogen-bond donors (Lipinski definition) is 1. The van der Waals surface area contributed by atoms with Crippen LogP contribution in [0, 0.1) is 0 Å². The van der Waals surface area contributed by atoms with Crippen molar-refractivity contribution in [3.63, 3.8) is 0 Å². The molecule has 9 nitrogen and oxygen atoms in total. The minimum atomic E-state index is -3.38. The van der Waals surface area contributed by atoms with Crippen molar-refractivity contribution in [3.8, 4) is 0 Å². The van der Waals surface area contributed by atoms with Crippen molar-refractivity contribution in [2.24, 2.45) is 0 Å². The number of piperazine rings is 2. The second kappa shape index (κ2) is 9.65. The lowest BCUT2D eigenvalue weighted by atomic mass is 10.2. The Balaban J connectivity index is 0.00000243. The average Bonchev–Trinajstić information content (AvgIpc) is 3.13. The van der Waals surface area contributed by atoms with Gasteiger partial charge in [0.2, 0.25) is 15.9 Å². The minimum absolute atomic E-state index is 0. The Bertz CT molecular complexity index is 656. The zero-order chi connectivity index (χ0) is 17.7. The van der Waals surface area contributed by atoms with Gasteiger partial charge in [-0.15, -0.1) is 12.4 Å². The Morgan fingerprint density at radius 2 is 1.85 bits per heavy atom. The number of nitrogens with one attached hydrogen (secondary N) is 1. The highest BCUT2D eigenvalue weighted by Gasteiger charge is 2.28. The van der Waals surface area contributed by atoms with E-state index in [1.807, 2.05) is 4.90 Å². The third-order valence-corrected chi connectivity index (χ3v) is 6.47. The lowest BCUT2D eigenvalue weighted by Crippen LogP contribution is -2.50. The molecule has 2 saturated heterocycles.